The van der Waals surface area contributed by atoms with E-state index in [1.165, 1.54) is 4.90 Å². The number of ether oxygens (including phenoxy) is 1. The van der Waals surface area contributed by atoms with Gasteiger partial charge in [0.1, 0.15) is 18.2 Å². The average molecular weight is 431 g/mol. The third kappa shape index (κ3) is 5.72. The maximum absolute atomic E-state index is 13.1. The second-order valence-electron chi connectivity index (χ2n) is 7.81. The van der Waals surface area contributed by atoms with Crippen LogP contribution in [0.2, 0.25) is 0 Å². The second-order valence-corrected chi connectivity index (χ2v) is 7.81. The Bertz CT molecular complexity index is 854. The number of aliphatic carboxylic acids is 1. The number of carbonyl (C=O) groups is 3. The van der Waals surface area contributed by atoms with E-state index in [1.54, 1.807) is 0 Å². The SMILES string of the molecule is NC(N)=NCCC[C@H](NC(=O)[C@@H]1CCCN1C(=O)C1Cc2ccccc2CO1)C(=O)O. The molecule has 0 radical (unpaired) electrons. The van der Waals surface area contributed by atoms with Crippen LogP contribution in [0.15, 0.2) is 29.3 Å². The summed E-state index contributed by atoms with van der Waals surface area (Å²) in [6, 6.07) is 6.04. The van der Waals surface area contributed by atoms with Crippen LogP contribution in [0.4, 0.5) is 0 Å². The zero-order valence-electron chi connectivity index (χ0n) is 17.3. The Balaban J connectivity index is 1.59. The standard InChI is InChI=1S/C21H29N5O5/c22-21(23)24-9-3-7-15(20(29)30)25-18(27)16-8-4-10-26(16)19(28)17-11-13-5-1-2-6-14(13)12-31-17/h1-2,5-6,15-17H,3-4,7-12H2,(H,25,27)(H,29,30)(H4,22,23,24)/t15-,16-,17?/m0/s1. The minimum atomic E-state index is -1.14. The number of nitrogens with two attached hydrogens (primary N) is 2. The van der Waals surface area contributed by atoms with E-state index in [1.807, 2.05) is 24.3 Å². The first kappa shape index (κ1) is 22.5. The van der Waals surface area contributed by atoms with Gasteiger partial charge in [-0.05, 0) is 36.8 Å². The van der Waals surface area contributed by atoms with Crippen LogP contribution in [0, 0.1) is 0 Å². The molecule has 0 spiro atoms. The van der Waals surface area contributed by atoms with Gasteiger partial charge in [0.2, 0.25) is 5.91 Å². The summed E-state index contributed by atoms with van der Waals surface area (Å²) in [6.07, 6.45) is 1.57. The van der Waals surface area contributed by atoms with Crippen LogP contribution in [-0.2, 0) is 32.1 Å². The van der Waals surface area contributed by atoms with Gasteiger partial charge in [0.05, 0.1) is 6.61 Å². The summed E-state index contributed by atoms with van der Waals surface area (Å²) in [5.41, 5.74) is 12.6. The van der Waals surface area contributed by atoms with Gasteiger partial charge in [0.15, 0.2) is 5.96 Å². The average Bonchev–Trinajstić information content (AvgIpc) is 3.24. The first-order chi connectivity index (χ1) is 14.9. The summed E-state index contributed by atoms with van der Waals surface area (Å²) < 4.78 is 5.76. The first-order valence-electron chi connectivity index (χ1n) is 10.4. The molecule has 0 bridgehead atoms. The van der Waals surface area contributed by atoms with Crippen LogP contribution in [0.5, 0.6) is 0 Å². The maximum atomic E-state index is 13.1. The highest BCUT2D eigenvalue weighted by Gasteiger charge is 2.39. The third-order valence-corrected chi connectivity index (χ3v) is 5.64. The van der Waals surface area contributed by atoms with Crippen LogP contribution in [0.25, 0.3) is 0 Å². The minimum absolute atomic E-state index is 0.0661. The van der Waals surface area contributed by atoms with Crippen LogP contribution < -0.4 is 16.8 Å². The molecule has 3 atom stereocenters. The van der Waals surface area contributed by atoms with Crippen molar-refractivity contribution in [2.24, 2.45) is 16.5 Å². The van der Waals surface area contributed by atoms with Gasteiger partial charge in [-0.15, -0.1) is 0 Å². The molecule has 2 aliphatic heterocycles. The fourth-order valence-electron chi connectivity index (χ4n) is 4.02. The van der Waals surface area contributed by atoms with E-state index in [0.717, 1.165) is 11.1 Å². The Morgan fingerprint density at radius 2 is 2.00 bits per heavy atom. The number of carbonyl (C=O) groups excluding carboxylic acids is 2. The van der Waals surface area contributed by atoms with E-state index < -0.39 is 30.1 Å². The van der Waals surface area contributed by atoms with E-state index in [4.69, 9.17) is 16.2 Å². The van der Waals surface area contributed by atoms with Gasteiger partial charge >= 0.3 is 5.97 Å². The molecule has 1 fully saturated rings. The smallest absolute Gasteiger partial charge is 0.326 e. The second kappa shape index (κ2) is 10.3. The Morgan fingerprint density at radius 1 is 1.26 bits per heavy atom. The van der Waals surface area contributed by atoms with Gasteiger partial charge in [-0.3, -0.25) is 14.6 Å². The Morgan fingerprint density at radius 3 is 2.71 bits per heavy atom. The van der Waals surface area contributed by atoms with Gasteiger partial charge < -0.3 is 31.5 Å². The van der Waals surface area contributed by atoms with Gasteiger partial charge in [0.25, 0.3) is 5.91 Å². The number of rotatable bonds is 8. The van der Waals surface area contributed by atoms with E-state index in [2.05, 4.69) is 10.3 Å². The first-order valence-corrected chi connectivity index (χ1v) is 10.4. The van der Waals surface area contributed by atoms with Gasteiger partial charge in [0, 0.05) is 19.5 Å². The summed E-state index contributed by atoms with van der Waals surface area (Å²) in [6.45, 7) is 1.07. The number of fused-ring (bicyclic) bond motifs is 1. The van der Waals surface area contributed by atoms with Gasteiger partial charge in [-0.2, -0.15) is 0 Å². The number of nitrogens with one attached hydrogen (secondary N) is 1. The number of likely N-dealkylation sites (tertiary alicyclic amines) is 1. The molecule has 2 aliphatic rings. The highest BCUT2D eigenvalue weighted by Crippen LogP contribution is 2.25. The Hall–Kier alpha value is -3.14. The fraction of sp³-hybridized carbons (Fsp3) is 0.524. The van der Waals surface area contributed by atoms with Crippen molar-refractivity contribution >= 4 is 23.7 Å². The van der Waals surface area contributed by atoms with Gasteiger partial charge in [-0.1, -0.05) is 24.3 Å². The highest BCUT2D eigenvalue weighted by molar-refractivity contribution is 5.92. The predicted molar refractivity (Wildman–Crippen MR) is 113 cm³/mol. The fourth-order valence-corrected chi connectivity index (χ4v) is 4.02. The van der Waals surface area contributed by atoms with Crippen LogP contribution in [0.1, 0.15) is 36.8 Å². The molecular formula is C21H29N5O5. The molecule has 168 valence electrons. The lowest BCUT2D eigenvalue weighted by atomic mass is 9.98. The largest absolute Gasteiger partial charge is 0.480 e. The molecule has 3 rings (SSSR count). The number of aliphatic imine (C=N–C) groups is 1. The van der Waals surface area contributed by atoms with Crippen molar-refractivity contribution in [3.8, 4) is 0 Å². The molecule has 1 unspecified atom stereocenters. The normalized spacial score (nSPS) is 21.1. The van der Waals surface area contributed by atoms with Crippen molar-refractivity contribution in [3.63, 3.8) is 0 Å². The Kier molecular flexibility index (Phi) is 7.45. The zero-order valence-corrected chi connectivity index (χ0v) is 17.3. The number of guanidine groups is 1. The molecule has 0 aromatic heterocycles. The molecule has 1 aromatic carbocycles. The maximum Gasteiger partial charge on any atom is 0.326 e. The monoisotopic (exact) mass is 431 g/mol. The number of carboxylic acids is 1. The van der Waals surface area contributed by atoms with E-state index in [-0.39, 0.29) is 24.8 Å². The summed E-state index contributed by atoms with van der Waals surface area (Å²) >= 11 is 0. The molecule has 2 heterocycles. The topological polar surface area (TPSA) is 160 Å². The van der Waals surface area contributed by atoms with Crippen molar-refractivity contribution < 1.29 is 24.2 Å². The lowest BCUT2D eigenvalue weighted by Crippen LogP contribution is -2.53. The van der Waals surface area contributed by atoms with Crippen LogP contribution in [-0.4, -0.2) is 65.0 Å². The Labute approximate surface area is 180 Å². The van der Waals surface area contributed by atoms with Crippen molar-refractivity contribution in [2.45, 2.75) is 56.9 Å². The molecular weight excluding hydrogens is 402 g/mol. The van der Waals surface area contributed by atoms with Gasteiger partial charge in [-0.25, -0.2) is 4.79 Å². The summed E-state index contributed by atoms with van der Waals surface area (Å²) in [7, 11) is 0. The quantitative estimate of drug-likeness (QED) is 0.251. The van der Waals surface area contributed by atoms with Crippen LogP contribution in [0.3, 0.4) is 0 Å². The predicted octanol–water partition coefficient (Wildman–Crippen LogP) is -0.258. The molecule has 1 aromatic rings. The van der Waals surface area contributed by atoms with E-state index >= 15 is 0 Å². The number of hydrogen-bond acceptors (Lipinski definition) is 5. The summed E-state index contributed by atoms with van der Waals surface area (Å²) in [5.74, 6) is -1.90. The molecule has 10 heteroatoms. The molecule has 0 saturated carbocycles. The lowest BCUT2D eigenvalue weighted by molar-refractivity contribution is -0.150. The highest BCUT2D eigenvalue weighted by atomic mass is 16.5. The number of amides is 2. The number of carboxylic acid groups (broad SMARTS) is 1. The molecule has 2 amide bonds. The van der Waals surface area contributed by atoms with Crippen molar-refractivity contribution in [1.29, 1.82) is 0 Å². The van der Waals surface area contributed by atoms with Crippen molar-refractivity contribution in [2.75, 3.05) is 13.1 Å². The van der Waals surface area contributed by atoms with E-state index in [0.29, 0.717) is 38.8 Å². The molecule has 31 heavy (non-hydrogen) atoms. The minimum Gasteiger partial charge on any atom is -0.480 e. The zero-order chi connectivity index (χ0) is 22.4. The number of hydrogen-bond donors (Lipinski definition) is 4. The third-order valence-electron chi connectivity index (χ3n) is 5.64. The molecule has 6 N–H and O–H groups in total. The van der Waals surface area contributed by atoms with Crippen molar-refractivity contribution in [3.05, 3.63) is 35.4 Å². The van der Waals surface area contributed by atoms with E-state index in [9.17, 15) is 19.5 Å². The molecule has 1 saturated heterocycles. The molecule has 10 nitrogen and oxygen atoms in total. The number of benzene rings is 1. The summed E-state index contributed by atoms with van der Waals surface area (Å²) in [5, 5.41) is 12.0. The summed E-state index contributed by atoms with van der Waals surface area (Å²) in [4.78, 5) is 42.8. The van der Waals surface area contributed by atoms with Crippen molar-refractivity contribution in [1.82, 2.24) is 10.2 Å². The number of nitrogens with zero attached hydrogens (tertiary/aromatic N) is 2. The lowest BCUT2D eigenvalue weighted by Gasteiger charge is -2.31. The van der Waals surface area contributed by atoms with Crippen LogP contribution >= 0.6 is 0 Å². The molecule has 0 aliphatic carbocycles.